The third kappa shape index (κ3) is 5.36. The van der Waals surface area contributed by atoms with Gasteiger partial charge in [-0.05, 0) is 74.1 Å². The molecule has 6 heteroatoms. The Hall–Kier alpha value is -3.70. The van der Waals surface area contributed by atoms with Crippen molar-refractivity contribution < 1.29 is 28.6 Å². The first kappa shape index (κ1) is 24.0. The molecule has 0 saturated carbocycles. The van der Waals surface area contributed by atoms with Gasteiger partial charge < -0.3 is 9.40 Å². The zero-order chi connectivity index (χ0) is 29.6. The molecule has 0 unspecified atom stereocenters. The first-order chi connectivity index (χ1) is 20.8. The number of benzene rings is 2. The van der Waals surface area contributed by atoms with Gasteiger partial charge in [-0.25, -0.2) is 4.98 Å². The van der Waals surface area contributed by atoms with Crippen molar-refractivity contribution in [1.82, 2.24) is 15.0 Å². The first-order valence-corrected chi connectivity index (χ1v) is 14.2. The quantitative estimate of drug-likeness (QED) is 0.167. The van der Waals surface area contributed by atoms with Crippen LogP contribution in [0.15, 0.2) is 83.4 Å². The number of hydrogen-bond acceptors (Lipinski definition) is 5. The second-order valence-electron chi connectivity index (χ2n) is 10.0. The van der Waals surface area contributed by atoms with Crippen LogP contribution in [0.25, 0.3) is 54.8 Å². The number of furan rings is 1. The van der Waals surface area contributed by atoms with Gasteiger partial charge in [-0.3, -0.25) is 4.98 Å². The predicted molar refractivity (Wildman–Crippen MR) is 164 cm³/mol. The van der Waals surface area contributed by atoms with E-state index in [1.807, 2.05) is 61.7 Å². The SMILES string of the molecule is Cc1ccc(-c2[c-]cccc2)nc1.[2H]C([2H])([2H])c1ccc2c(n1)oc1c(-c3ccc4c5c(sc4n3)CCCC5)[c-]ccc12.[Ir]. The Morgan fingerprint density at radius 2 is 1.73 bits per heavy atom. The van der Waals surface area contributed by atoms with Crippen molar-refractivity contribution in [1.29, 1.82) is 0 Å². The van der Waals surface area contributed by atoms with E-state index in [0.717, 1.165) is 51.0 Å². The maximum absolute atomic E-state index is 7.61. The van der Waals surface area contributed by atoms with Crippen molar-refractivity contribution in [2.75, 3.05) is 0 Å². The monoisotopic (exact) mass is 733 g/mol. The van der Waals surface area contributed by atoms with Crippen LogP contribution in [0.3, 0.4) is 0 Å². The number of aromatic nitrogens is 3. The largest absolute Gasteiger partial charge is 0.486 e. The summed E-state index contributed by atoms with van der Waals surface area (Å²) in [7, 11) is 0. The van der Waals surface area contributed by atoms with Crippen molar-refractivity contribution in [3.05, 3.63) is 113 Å². The van der Waals surface area contributed by atoms with Crippen LogP contribution in [0.5, 0.6) is 0 Å². The number of thiophene rings is 1. The van der Waals surface area contributed by atoms with Crippen LogP contribution in [0, 0.1) is 25.9 Å². The Balaban J connectivity index is 0.000000207. The summed E-state index contributed by atoms with van der Waals surface area (Å²) >= 11 is 1.79. The van der Waals surface area contributed by atoms with Crippen molar-refractivity contribution in [3.8, 4) is 22.5 Å². The molecule has 4 nitrogen and oxygen atoms in total. The average molecular weight is 733 g/mol. The van der Waals surface area contributed by atoms with Gasteiger partial charge >= 0.3 is 0 Å². The second kappa shape index (κ2) is 11.7. The first-order valence-electron chi connectivity index (χ1n) is 14.9. The molecule has 0 amide bonds. The number of aryl methyl sites for hydroxylation is 4. The molecule has 0 aliphatic heterocycles. The minimum absolute atomic E-state index is 0. The van der Waals surface area contributed by atoms with Gasteiger partial charge in [0.2, 0.25) is 5.71 Å². The van der Waals surface area contributed by atoms with E-state index in [0.29, 0.717) is 11.3 Å². The fourth-order valence-electron chi connectivity index (χ4n) is 5.27. The van der Waals surface area contributed by atoms with E-state index in [1.165, 1.54) is 34.2 Å². The van der Waals surface area contributed by atoms with Crippen LogP contribution < -0.4 is 0 Å². The van der Waals surface area contributed by atoms with Crippen LogP contribution in [0.2, 0.25) is 0 Å². The normalized spacial score (nSPS) is 13.9. The molecule has 205 valence electrons. The molecule has 5 aromatic heterocycles. The number of hydrogen-bond donors (Lipinski definition) is 0. The summed E-state index contributed by atoms with van der Waals surface area (Å²) in [5.41, 5.74) is 7.24. The molecule has 0 fully saturated rings. The number of fused-ring (bicyclic) bond motifs is 6. The fourth-order valence-corrected chi connectivity index (χ4v) is 6.53. The molecule has 0 saturated heterocycles. The van der Waals surface area contributed by atoms with E-state index in [9.17, 15) is 0 Å². The van der Waals surface area contributed by atoms with Crippen LogP contribution in [-0.2, 0) is 32.9 Å². The Morgan fingerprint density at radius 1 is 0.854 bits per heavy atom. The zero-order valence-electron chi connectivity index (χ0n) is 25.3. The molecule has 1 aliphatic rings. The molecule has 5 heterocycles. The Labute approximate surface area is 261 Å². The van der Waals surface area contributed by atoms with E-state index >= 15 is 0 Å². The van der Waals surface area contributed by atoms with Crippen molar-refractivity contribution in [2.45, 2.75) is 39.5 Å². The summed E-state index contributed by atoms with van der Waals surface area (Å²) in [6, 6.07) is 29.6. The Bertz CT molecular complexity index is 2090. The summed E-state index contributed by atoms with van der Waals surface area (Å²) in [5, 5.41) is 2.94. The standard InChI is InChI=1S/C23H17N2OS.C12H10N.Ir/c1-13-9-10-16-15-6-4-7-18(21(15)26-22(16)24-13)19-12-11-17-14-5-2-3-8-20(14)27-23(17)25-19;1-10-7-8-12(13-9-10)11-5-3-2-4-6-11;/h4,6,9-12H,2-3,5,8H2,1H3;2-5,7-9H,1H3;/q2*-1;/i1D3;;. The topological polar surface area (TPSA) is 51.8 Å². The Morgan fingerprint density at radius 3 is 2.56 bits per heavy atom. The minimum Gasteiger partial charge on any atom is -0.486 e. The molecule has 0 atom stereocenters. The van der Waals surface area contributed by atoms with Gasteiger partial charge in [-0.1, -0.05) is 35.2 Å². The summed E-state index contributed by atoms with van der Waals surface area (Å²) < 4.78 is 28.9. The maximum atomic E-state index is 7.61. The van der Waals surface area contributed by atoms with Crippen molar-refractivity contribution in [2.24, 2.45) is 0 Å². The van der Waals surface area contributed by atoms with Crippen LogP contribution in [0.1, 0.15) is 38.7 Å². The molecule has 0 N–H and O–H groups in total. The van der Waals surface area contributed by atoms with Crippen molar-refractivity contribution >= 4 is 43.6 Å². The van der Waals surface area contributed by atoms with Crippen LogP contribution in [-0.4, -0.2) is 15.0 Å². The average Bonchev–Trinajstić information content (AvgIpc) is 3.59. The van der Waals surface area contributed by atoms with E-state index in [1.54, 1.807) is 23.5 Å². The van der Waals surface area contributed by atoms with Gasteiger partial charge in [0.15, 0.2) is 0 Å². The molecule has 7 aromatic rings. The second-order valence-corrected chi connectivity index (χ2v) is 11.1. The predicted octanol–water partition coefficient (Wildman–Crippen LogP) is 9.10. The molecule has 1 radical (unpaired) electrons. The van der Waals surface area contributed by atoms with Gasteiger partial charge in [0.25, 0.3) is 0 Å². The van der Waals surface area contributed by atoms with E-state index in [2.05, 4.69) is 34.2 Å². The molecule has 0 bridgehead atoms. The summed E-state index contributed by atoms with van der Waals surface area (Å²) in [6.45, 7) is -0.238. The number of rotatable bonds is 2. The number of nitrogens with zero attached hydrogens (tertiary/aromatic N) is 3. The molecule has 41 heavy (non-hydrogen) atoms. The molecular formula is C35H27IrN3OS-2. The molecule has 8 rings (SSSR count). The van der Waals surface area contributed by atoms with Crippen molar-refractivity contribution in [3.63, 3.8) is 0 Å². The summed E-state index contributed by atoms with van der Waals surface area (Å²) in [4.78, 5) is 16.0. The molecule has 2 aromatic carbocycles. The summed E-state index contributed by atoms with van der Waals surface area (Å²) in [6.07, 6.45) is 6.66. The third-order valence-corrected chi connectivity index (χ3v) is 8.48. The Kier molecular flexibility index (Phi) is 6.81. The zero-order valence-corrected chi connectivity index (χ0v) is 25.5. The van der Waals surface area contributed by atoms with E-state index < -0.39 is 6.85 Å². The smallest absolute Gasteiger partial charge is 0.216 e. The summed E-state index contributed by atoms with van der Waals surface area (Å²) in [5.74, 6) is 0. The van der Waals surface area contributed by atoms with E-state index in [4.69, 9.17) is 13.5 Å². The maximum Gasteiger partial charge on any atom is 0.216 e. The van der Waals surface area contributed by atoms with Gasteiger partial charge in [0.05, 0.1) is 5.58 Å². The van der Waals surface area contributed by atoms with Crippen LogP contribution >= 0.6 is 11.3 Å². The van der Waals surface area contributed by atoms with Crippen LogP contribution in [0.4, 0.5) is 0 Å². The van der Waals surface area contributed by atoms with Gasteiger partial charge in [0, 0.05) is 51.8 Å². The third-order valence-electron chi connectivity index (χ3n) is 7.27. The fraction of sp³-hybridized carbons (Fsp3) is 0.171. The molecule has 1 aliphatic carbocycles. The number of pyridine rings is 3. The van der Waals surface area contributed by atoms with E-state index in [-0.39, 0.29) is 25.8 Å². The van der Waals surface area contributed by atoms with Gasteiger partial charge in [0.1, 0.15) is 4.83 Å². The van der Waals surface area contributed by atoms with Gasteiger partial charge in [-0.15, -0.1) is 65.4 Å². The minimum atomic E-state index is -2.27. The molecular weight excluding hydrogens is 703 g/mol. The van der Waals surface area contributed by atoms with Gasteiger partial charge in [-0.2, -0.15) is 0 Å². The molecule has 0 spiro atoms.